The number of fused-ring (bicyclic) bond motifs is 1. The van der Waals surface area contributed by atoms with Crippen LogP contribution in [0.15, 0.2) is 40.4 Å². The smallest absolute Gasteiger partial charge is 0.193 e. The van der Waals surface area contributed by atoms with Crippen LogP contribution in [-0.2, 0) is 6.54 Å². The molecule has 3 aromatic rings. The zero-order valence-corrected chi connectivity index (χ0v) is 12.3. The summed E-state index contributed by atoms with van der Waals surface area (Å²) in [6, 6.07) is 6.30. The van der Waals surface area contributed by atoms with E-state index in [0.717, 1.165) is 27.4 Å². The molecular weight excluding hydrogens is 310 g/mol. The molecule has 18 heavy (non-hydrogen) atoms. The normalized spacial score (nSPS) is 11.0. The first-order chi connectivity index (χ1) is 8.70. The molecule has 5 heteroatoms. The number of aromatic nitrogens is 2. The van der Waals surface area contributed by atoms with Gasteiger partial charge in [-0.2, -0.15) is 0 Å². The van der Waals surface area contributed by atoms with E-state index in [2.05, 4.69) is 57.6 Å². The molecule has 0 saturated heterocycles. The molecule has 0 amide bonds. The predicted octanol–water partition coefficient (Wildman–Crippen LogP) is 4.08. The topological polar surface area (TPSA) is 29.3 Å². The van der Waals surface area contributed by atoms with Crippen molar-refractivity contribution >= 4 is 37.9 Å². The molecule has 2 heterocycles. The van der Waals surface area contributed by atoms with Crippen molar-refractivity contribution in [2.75, 3.05) is 5.32 Å². The fraction of sp³-hybridized carbons (Fsp3) is 0.154. The molecule has 0 bridgehead atoms. The Hall–Kier alpha value is -1.33. The van der Waals surface area contributed by atoms with Crippen LogP contribution in [0.5, 0.6) is 0 Å². The van der Waals surface area contributed by atoms with Crippen molar-refractivity contribution in [3.8, 4) is 0 Å². The summed E-state index contributed by atoms with van der Waals surface area (Å²) in [5.41, 5.74) is 3.40. The van der Waals surface area contributed by atoms with Crippen LogP contribution in [0.4, 0.5) is 5.69 Å². The maximum atomic E-state index is 4.54. The van der Waals surface area contributed by atoms with Crippen LogP contribution >= 0.6 is 27.3 Å². The lowest BCUT2D eigenvalue weighted by Gasteiger charge is -2.06. The quantitative estimate of drug-likeness (QED) is 0.787. The number of imidazole rings is 1. The minimum atomic E-state index is 0.740. The highest BCUT2D eigenvalue weighted by atomic mass is 79.9. The average molecular weight is 322 g/mol. The zero-order valence-electron chi connectivity index (χ0n) is 9.85. The van der Waals surface area contributed by atoms with Gasteiger partial charge in [0.25, 0.3) is 0 Å². The molecule has 0 aliphatic carbocycles. The van der Waals surface area contributed by atoms with Gasteiger partial charge in [-0.25, -0.2) is 4.98 Å². The number of nitrogens with zero attached hydrogens (tertiary/aromatic N) is 2. The van der Waals surface area contributed by atoms with Gasteiger partial charge >= 0.3 is 0 Å². The number of nitrogens with one attached hydrogen (secondary N) is 1. The van der Waals surface area contributed by atoms with Crippen LogP contribution in [-0.4, -0.2) is 9.38 Å². The molecule has 0 atom stereocenters. The Morgan fingerprint density at radius 2 is 2.28 bits per heavy atom. The molecule has 92 valence electrons. The van der Waals surface area contributed by atoms with Gasteiger partial charge in [-0.1, -0.05) is 15.9 Å². The molecule has 0 saturated carbocycles. The van der Waals surface area contributed by atoms with Crippen LogP contribution in [0.2, 0.25) is 0 Å². The fourth-order valence-corrected chi connectivity index (χ4v) is 3.22. The largest absolute Gasteiger partial charge is 0.379 e. The Morgan fingerprint density at radius 1 is 1.39 bits per heavy atom. The molecule has 0 aliphatic rings. The van der Waals surface area contributed by atoms with Gasteiger partial charge in [-0.3, -0.25) is 4.40 Å². The van der Waals surface area contributed by atoms with Gasteiger partial charge < -0.3 is 5.32 Å². The van der Waals surface area contributed by atoms with Crippen molar-refractivity contribution < 1.29 is 0 Å². The lowest BCUT2D eigenvalue weighted by atomic mass is 10.2. The van der Waals surface area contributed by atoms with Crippen LogP contribution in [0.1, 0.15) is 11.3 Å². The number of hydrogen-bond donors (Lipinski definition) is 1. The van der Waals surface area contributed by atoms with Gasteiger partial charge in [0.05, 0.1) is 12.2 Å². The number of anilines is 1. The van der Waals surface area contributed by atoms with Gasteiger partial charge in [-0.15, -0.1) is 11.3 Å². The van der Waals surface area contributed by atoms with E-state index in [1.165, 1.54) is 5.56 Å². The van der Waals surface area contributed by atoms with E-state index in [1.807, 2.05) is 16.0 Å². The first-order valence-electron chi connectivity index (χ1n) is 5.63. The van der Waals surface area contributed by atoms with Crippen molar-refractivity contribution in [2.24, 2.45) is 0 Å². The standard InChI is InChI=1S/C13H12BrN3S/c1-9-4-10(14)6-11(5-9)15-7-12-8-17-2-3-18-13(17)16-12/h2-6,8,15H,7H2,1H3. The van der Waals surface area contributed by atoms with Crippen molar-refractivity contribution in [1.29, 1.82) is 0 Å². The Labute approximate surface area is 118 Å². The fourth-order valence-electron chi connectivity index (χ4n) is 1.89. The molecule has 0 fully saturated rings. The highest BCUT2D eigenvalue weighted by molar-refractivity contribution is 9.10. The van der Waals surface area contributed by atoms with E-state index in [1.54, 1.807) is 11.3 Å². The van der Waals surface area contributed by atoms with Gasteiger partial charge in [0.15, 0.2) is 4.96 Å². The van der Waals surface area contributed by atoms with Crippen LogP contribution in [0, 0.1) is 6.92 Å². The first-order valence-corrected chi connectivity index (χ1v) is 7.30. The van der Waals surface area contributed by atoms with Crippen molar-refractivity contribution in [3.63, 3.8) is 0 Å². The molecular formula is C13H12BrN3S. The van der Waals surface area contributed by atoms with Crippen molar-refractivity contribution in [1.82, 2.24) is 9.38 Å². The lowest BCUT2D eigenvalue weighted by molar-refractivity contribution is 1.08. The Bertz CT molecular complexity index is 638. The second-order valence-electron chi connectivity index (χ2n) is 4.20. The highest BCUT2D eigenvalue weighted by Crippen LogP contribution is 2.20. The van der Waals surface area contributed by atoms with E-state index < -0.39 is 0 Å². The second kappa shape index (κ2) is 4.74. The van der Waals surface area contributed by atoms with E-state index in [4.69, 9.17) is 0 Å². The average Bonchev–Trinajstić information content (AvgIpc) is 2.84. The number of thiazole rings is 1. The Balaban J connectivity index is 1.75. The van der Waals surface area contributed by atoms with Crippen LogP contribution in [0.25, 0.3) is 4.96 Å². The lowest BCUT2D eigenvalue weighted by Crippen LogP contribution is -1.99. The van der Waals surface area contributed by atoms with Crippen molar-refractivity contribution in [2.45, 2.75) is 13.5 Å². The number of hydrogen-bond acceptors (Lipinski definition) is 3. The van der Waals surface area contributed by atoms with Gasteiger partial charge in [-0.05, 0) is 30.7 Å². The Morgan fingerprint density at radius 3 is 3.06 bits per heavy atom. The maximum Gasteiger partial charge on any atom is 0.193 e. The zero-order chi connectivity index (χ0) is 12.5. The van der Waals surface area contributed by atoms with E-state index in [0.29, 0.717) is 0 Å². The minimum Gasteiger partial charge on any atom is -0.379 e. The van der Waals surface area contributed by atoms with E-state index >= 15 is 0 Å². The number of benzene rings is 1. The molecule has 0 spiro atoms. The number of aryl methyl sites for hydroxylation is 1. The van der Waals surface area contributed by atoms with Gasteiger partial charge in [0.1, 0.15) is 0 Å². The molecule has 1 N–H and O–H groups in total. The molecule has 0 unspecified atom stereocenters. The molecule has 0 radical (unpaired) electrons. The minimum absolute atomic E-state index is 0.740. The SMILES string of the molecule is Cc1cc(Br)cc(NCc2cn3ccsc3n2)c1. The summed E-state index contributed by atoms with van der Waals surface area (Å²) >= 11 is 5.15. The summed E-state index contributed by atoms with van der Waals surface area (Å²) < 4.78 is 3.14. The predicted molar refractivity (Wildman–Crippen MR) is 79.3 cm³/mol. The second-order valence-corrected chi connectivity index (χ2v) is 5.98. The summed E-state index contributed by atoms with van der Waals surface area (Å²) in [4.78, 5) is 5.58. The first kappa shape index (κ1) is 11.7. The maximum absolute atomic E-state index is 4.54. The van der Waals surface area contributed by atoms with Crippen LogP contribution in [0.3, 0.4) is 0 Å². The summed E-state index contributed by atoms with van der Waals surface area (Å²) in [6.07, 6.45) is 4.09. The summed E-state index contributed by atoms with van der Waals surface area (Å²) in [6.45, 7) is 2.83. The molecule has 0 aliphatic heterocycles. The number of rotatable bonds is 3. The summed E-state index contributed by atoms with van der Waals surface area (Å²) in [5, 5.41) is 5.43. The van der Waals surface area contributed by atoms with E-state index in [-0.39, 0.29) is 0 Å². The van der Waals surface area contributed by atoms with Gasteiger partial charge in [0.2, 0.25) is 0 Å². The third-order valence-electron chi connectivity index (χ3n) is 2.66. The summed E-state index contributed by atoms with van der Waals surface area (Å²) in [5.74, 6) is 0. The molecule has 1 aromatic carbocycles. The van der Waals surface area contributed by atoms with E-state index in [9.17, 15) is 0 Å². The monoisotopic (exact) mass is 321 g/mol. The van der Waals surface area contributed by atoms with Crippen molar-refractivity contribution in [3.05, 3.63) is 51.7 Å². The third kappa shape index (κ3) is 2.42. The molecule has 3 rings (SSSR count). The third-order valence-corrected chi connectivity index (χ3v) is 3.89. The van der Waals surface area contributed by atoms with Gasteiger partial charge in [0, 0.05) is 27.9 Å². The molecule has 3 nitrogen and oxygen atoms in total. The number of halogens is 1. The summed E-state index contributed by atoms with van der Waals surface area (Å²) in [7, 11) is 0. The Kier molecular flexibility index (Phi) is 3.09. The van der Waals surface area contributed by atoms with Crippen LogP contribution < -0.4 is 5.32 Å². The molecule has 2 aromatic heterocycles. The highest BCUT2D eigenvalue weighted by Gasteiger charge is 2.02.